The molecule has 4 heteroatoms. The zero-order valence-corrected chi connectivity index (χ0v) is 17.5. The molecular weight excluding hydrogens is 360 g/mol. The Morgan fingerprint density at radius 2 is 1.86 bits per heavy atom. The highest BCUT2D eigenvalue weighted by Crippen LogP contribution is 2.25. The van der Waals surface area contributed by atoms with Gasteiger partial charge in [-0.3, -0.25) is 9.69 Å². The first-order valence-corrected chi connectivity index (χ1v) is 11.1. The Balaban J connectivity index is 1.36. The van der Waals surface area contributed by atoms with E-state index < -0.39 is 0 Å². The largest absolute Gasteiger partial charge is 0.494 e. The molecule has 4 rings (SSSR count). The van der Waals surface area contributed by atoms with E-state index in [9.17, 15) is 4.79 Å². The summed E-state index contributed by atoms with van der Waals surface area (Å²) < 4.78 is 5.72. The number of benzene rings is 2. The SMILES string of the molecule is CCCCOc1ccc(C(=O)N2CCC[C@@H](N3CCc4ccccc4C3)C2)cc1. The highest BCUT2D eigenvalue weighted by Gasteiger charge is 2.30. The van der Waals surface area contributed by atoms with Crippen molar-refractivity contribution >= 4 is 5.91 Å². The van der Waals surface area contributed by atoms with Crippen molar-refractivity contribution in [3.8, 4) is 5.75 Å². The minimum Gasteiger partial charge on any atom is -0.494 e. The van der Waals surface area contributed by atoms with E-state index in [0.717, 1.165) is 69.8 Å². The minimum absolute atomic E-state index is 0.146. The predicted molar refractivity (Wildman–Crippen MR) is 116 cm³/mol. The maximum Gasteiger partial charge on any atom is 0.253 e. The van der Waals surface area contributed by atoms with Crippen LogP contribution in [0.4, 0.5) is 0 Å². The summed E-state index contributed by atoms with van der Waals surface area (Å²) >= 11 is 0. The summed E-state index contributed by atoms with van der Waals surface area (Å²) in [5, 5.41) is 0. The van der Waals surface area contributed by atoms with Gasteiger partial charge in [0.15, 0.2) is 0 Å². The van der Waals surface area contributed by atoms with Crippen molar-refractivity contribution < 1.29 is 9.53 Å². The molecule has 1 saturated heterocycles. The first-order valence-electron chi connectivity index (χ1n) is 11.1. The van der Waals surface area contributed by atoms with E-state index in [1.807, 2.05) is 29.2 Å². The van der Waals surface area contributed by atoms with Gasteiger partial charge >= 0.3 is 0 Å². The van der Waals surface area contributed by atoms with Gasteiger partial charge in [-0.1, -0.05) is 37.6 Å². The summed E-state index contributed by atoms with van der Waals surface area (Å²) in [5.74, 6) is 0.991. The molecule has 2 aromatic rings. The first kappa shape index (κ1) is 20.0. The zero-order valence-electron chi connectivity index (χ0n) is 17.5. The predicted octanol–water partition coefficient (Wildman–Crippen LogP) is 4.53. The Bertz CT molecular complexity index is 818. The number of carbonyl (C=O) groups is 1. The van der Waals surface area contributed by atoms with Gasteiger partial charge in [0.2, 0.25) is 0 Å². The molecule has 2 aliphatic heterocycles. The maximum atomic E-state index is 13.1. The van der Waals surface area contributed by atoms with Gasteiger partial charge in [0.1, 0.15) is 5.75 Å². The molecule has 0 unspecified atom stereocenters. The summed E-state index contributed by atoms with van der Waals surface area (Å²) in [6.07, 6.45) is 5.54. The van der Waals surface area contributed by atoms with Gasteiger partial charge in [-0.05, 0) is 61.1 Å². The summed E-state index contributed by atoms with van der Waals surface area (Å²) in [6, 6.07) is 16.9. The lowest BCUT2D eigenvalue weighted by molar-refractivity contribution is 0.0549. The fourth-order valence-corrected chi connectivity index (χ4v) is 4.48. The molecule has 0 saturated carbocycles. The second kappa shape index (κ2) is 9.45. The van der Waals surface area contributed by atoms with E-state index >= 15 is 0 Å². The Kier molecular flexibility index (Phi) is 6.50. The third-order valence-electron chi connectivity index (χ3n) is 6.23. The molecule has 2 aliphatic rings. The van der Waals surface area contributed by atoms with E-state index in [0.29, 0.717) is 6.04 Å². The Labute approximate surface area is 174 Å². The fourth-order valence-electron chi connectivity index (χ4n) is 4.48. The lowest BCUT2D eigenvalue weighted by atomic mass is 9.95. The normalized spacial score (nSPS) is 19.6. The number of unbranched alkanes of at least 4 members (excludes halogenated alkanes) is 1. The fraction of sp³-hybridized carbons (Fsp3) is 0.480. The molecule has 2 aromatic carbocycles. The van der Waals surface area contributed by atoms with E-state index in [4.69, 9.17) is 4.74 Å². The standard InChI is InChI=1S/C25H32N2O2/c1-2-3-17-29-24-12-10-21(11-13-24)25(28)27-15-6-9-23(19-27)26-16-14-20-7-4-5-8-22(20)18-26/h4-5,7-8,10-13,23H,2-3,6,9,14-19H2,1H3/t23-/m1/s1. The van der Waals surface area contributed by atoms with Crippen LogP contribution in [-0.2, 0) is 13.0 Å². The molecule has 4 nitrogen and oxygen atoms in total. The van der Waals surface area contributed by atoms with Gasteiger partial charge in [-0.2, -0.15) is 0 Å². The van der Waals surface area contributed by atoms with Crippen LogP contribution in [0.2, 0.25) is 0 Å². The third-order valence-corrected chi connectivity index (χ3v) is 6.23. The molecule has 1 atom stereocenters. The van der Waals surface area contributed by atoms with Crippen molar-refractivity contribution in [1.82, 2.24) is 9.80 Å². The number of ether oxygens (including phenoxy) is 1. The molecule has 29 heavy (non-hydrogen) atoms. The van der Waals surface area contributed by atoms with E-state index in [1.54, 1.807) is 0 Å². The molecule has 0 bridgehead atoms. The van der Waals surface area contributed by atoms with Crippen molar-refractivity contribution in [3.05, 3.63) is 65.2 Å². The Morgan fingerprint density at radius 3 is 2.66 bits per heavy atom. The van der Waals surface area contributed by atoms with Crippen molar-refractivity contribution in [2.45, 2.75) is 51.6 Å². The van der Waals surface area contributed by atoms with Crippen LogP contribution in [0.25, 0.3) is 0 Å². The molecule has 0 spiro atoms. The lowest BCUT2D eigenvalue weighted by Crippen LogP contribution is -2.51. The molecule has 154 valence electrons. The van der Waals surface area contributed by atoms with Crippen LogP contribution in [0.15, 0.2) is 48.5 Å². The summed E-state index contributed by atoms with van der Waals surface area (Å²) in [7, 11) is 0. The van der Waals surface area contributed by atoms with Crippen molar-refractivity contribution in [2.24, 2.45) is 0 Å². The number of hydrogen-bond acceptors (Lipinski definition) is 3. The molecule has 2 heterocycles. The topological polar surface area (TPSA) is 32.8 Å². The molecular formula is C25H32N2O2. The molecule has 1 fully saturated rings. The van der Waals surface area contributed by atoms with Crippen molar-refractivity contribution in [2.75, 3.05) is 26.2 Å². The van der Waals surface area contributed by atoms with Gasteiger partial charge in [0.25, 0.3) is 5.91 Å². The minimum atomic E-state index is 0.146. The summed E-state index contributed by atoms with van der Waals surface area (Å²) in [6.45, 7) is 6.67. The number of amides is 1. The van der Waals surface area contributed by atoms with E-state index in [2.05, 4.69) is 36.1 Å². The number of hydrogen-bond donors (Lipinski definition) is 0. The number of rotatable bonds is 6. The van der Waals surface area contributed by atoms with Gasteiger partial charge in [0.05, 0.1) is 6.61 Å². The van der Waals surface area contributed by atoms with Gasteiger partial charge in [-0.15, -0.1) is 0 Å². The smallest absolute Gasteiger partial charge is 0.253 e. The Morgan fingerprint density at radius 1 is 1.07 bits per heavy atom. The summed E-state index contributed by atoms with van der Waals surface area (Å²) in [5.41, 5.74) is 3.69. The molecule has 1 amide bonds. The number of nitrogens with zero attached hydrogens (tertiary/aromatic N) is 2. The van der Waals surface area contributed by atoms with Crippen LogP contribution in [0, 0.1) is 0 Å². The average Bonchev–Trinajstić information content (AvgIpc) is 2.79. The van der Waals surface area contributed by atoms with Crippen LogP contribution in [-0.4, -0.2) is 48.0 Å². The maximum absolute atomic E-state index is 13.1. The molecule has 0 radical (unpaired) electrons. The molecule has 0 N–H and O–H groups in total. The Hall–Kier alpha value is -2.33. The first-order chi connectivity index (χ1) is 14.2. The summed E-state index contributed by atoms with van der Waals surface area (Å²) in [4.78, 5) is 17.7. The van der Waals surface area contributed by atoms with Crippen molar-refractivity contribution in [3.63, 3.8) is 0 Å². The van der Waals surface area contributed by atoms with Crippen LogP contribution in [0.3, 0.4) is 0 Å². The highest BCUT2D eigenvalue weighted by atomic mass is 16.5. The number of carbonyl (C=O) groups excluding carboxylic acids is 1. The monoisotopic (exact) mass is 392 g/mol. The second-order valence-corrected chi connectivity index (χ2v) is 8.26. The number of likely N-dealkylation sites (tertiary alicyclic amines) is 1. The number of piperidine rings is 1. The van der Waals surface area contributed by atoms with Gasteiger partial charge in [0, 0.05) is 37.8 Å². The van der Waals surface area contributed by atoms with Crippen molar-refractivity contribution in [1.29, 1.82) is 0 Å². The lowest BCUT2D eigenvalue weighted by Gasteiger charge is -2.41. The molecule has 0 aliphatic carbocycles. The van der Waals surface area contributed by atoms with Crippen LogP contribution in [0.1, 0.15) is 54.1 Å². The van der Waals surface area contributed by atoms with E-state index in [-0.39, 0.29) is 5.91 Å². The van der Waals surface area contributed by atoms with Crippen LogP contribution >= 0.6 is 0 Å². The van der Waals surface area contributed by atoms with Gasteiger partial charge in [-0.25, -0.2) is 0 Å². The highest BCUT2D eigenvalue weighted by molar-refractivity contribution is 5.94. The third kappa shape index (κ3) is 4.81. The number of fused-ring (bicyclic) bond motifs is 1. The van der Waals surface area contributed by atoms with Gasteiger partial charge < -0.3 is 9.64 Å². The van der Waals surface area contributed by atoms with Crippen LogP contribution < -0.4 is 4.74 Å². The van der Waals surface area contributed by atoms with Crippen LogP contribution in [0.5, 0.6) is 5.75 Å². The quantitative estimate of drug-likeness (QED) is 0.677. The second-order valence-electron chi connectivity index (χ2n) is 8.26. The average molecular weight is 393 g/mol. The zero-order chi connectivity index (χ0) is 20.1. The van der Waals surface area contributed by atoms with E-state index in [1.165, 1.54) is 17.5 Å². The molecule has 0 aromatic heterocycles.